The maximum absolute atomic E-state index is 2.46. The number of hydrogen-bond donors (Lipinski definition) is 0. The fraction of sp³-hybridized carbons (Fsp3) is 1.00. The van der Waals surface area contributed by atoms with Crippen LogP contribution >= 0.6 is 0 Å². The van der Waals surface area contributed by atoms with Crippen molar-refractivity contribution in [2.75, 3.05) is 0 Å². The third-order valence-electron chi connectivity index (χ3n) is 3.82. The van der Waals surface area contributed by atoms with E-state index in [4.69, 9.17) is 0 Å². The van der Waals surface area contributed by atoms with Crippen molar-refractivity contribution in [1.82, 2.24) is 0 Å². The van der Waals surface area contributed by atoms with Crippen molar-refractivity contribution in [3.63, 3.8) is 0 Å². The van der Waals surface area contributed by atoms with E-state index in [1.807, 2.05) is 0 Å². The molecule has 1 aliphatic rings. The van der Waals surface area contributed by atoms with Gasteiger partial charge in [0.1, 0.15) is 0 Å². The van der Waals surface area contributed by atoms with Crippen LogP contribution < -0.4 is 0 Å². The Morgan fingerprint density at radius 3 is 2.46 bits per heavy atom. The molecule has 3 unspecified atom stereocenters. The first kappa shape index (κ1) is 11.1. The van der Waals surface area contributed by atoms with Gasteiger partial charge in [0.05, 0.1) is 0 Å². The Kier molecular flexibility index (Phi) is 4.28. The summed E-state index contributed by atoms with van der Waals surface area (Å²) in [6.07, 6.45) is 7.34. The Morgan fingerprint density at radius 1 is 1.23 bits per heavy atom. The van der Waals surface area contributed by atoms with Crippen LogP contribution in [0.4, 0.5) is 0 Å². The first-order chi connectivity index (χ1) is 6.13. The van der Waals surface area contributed by atoms with Crippen molar-refractivity contribution in [2.24, 2.45) is 23.7 Å². The van der Waals surface area contributed by atoms with Gasteiger partial charge in [-0.3, -0.25) is 0 Å². The molecule has 0 heteroatoms. The molecule has 1 fully saturated rings. The van der Waals surface area contributed by atoms with Crippen LogP contribution in [0.5, 0.6) is 0 Å². The molecule has 3 atom stereocenters. The molecule has 0 aromatic rings. The van der Waals surface area contributed by atoms with Gasteiger partial charge in [-0.2, -0.15) is 0 Å². The second-order valence-electron chi connectivity index (χ2n) is 5.45. The zero-order valence-corrected chi connectivity index (χ0v) is 9.84. The van der Waals surface area contributed by atoms with E-state index >= 15 is 0 Å². The number of hydrogen-bond acceptors (Lipinski definition) is 0. The summed E-state index contributed by atoms with van der Waals surface area (Å²) in [6, 6.07) is 0. The molecule has 1 aliphatic carbocycles. The highest BCUT2D eigenvalue weighted by molar-refractivity contribution is 4.77. The van der Waals surface area contributed by atoms with Gasteiger partial charge in [-0.15, -0.1) is 0 Å². The van der Waals surface area contributed by atoms with Crippen molar-refractivity contribution < 1.29 is 0 Å². The third-order valence-corrected chi connectivity index (χ3v) is 3.82. The lowest BCUT2D eigenvalue weighted by Crippen LogP contribution is -2.23. The standard InChI is InChI=1S/C13H26/c1-5-12-7-6-11(4)13(9-12)8-10(2)3/h10-13H,5-9H2,1-4H3. The molecule has 13 heavy (non-hydrogen) atoms. The van der Waals surface area contributed by atoms with Gasteiger partial charge in [-0.1, -0.05) is 47.0 Å². The van der Waals surface area contributed by atoms with Crippen molar-refractivity contribution in [2.45, 2.75) is 59.8 Å². The molecule has 0 aliphatic heterocycles. The summed E-state index contributed by atoms with van der Waals surface area (Å²) >= 11 is 0. The second-order valence-corrected chi connectivity index (χ2v) is 5.45. The predicted molar refractivity (Wildman–Crippen MR) is 59.7 cm³/mol. The highest BCUT2D eigenvalue weighted by Crippen LogP contribution is 2.38. The summed E-state index contributed by atoms with van der Waals surface area (Å²) in [6.45, 7) is 9.54. The van der Waals surface area contributed by atoms with E-state index in [0.717, 1.165) is 23.7 Å². The Hall–Kier alpha value is 0. The molecule has 0 aromatic heterocycles. The lowest BCUT2D eigenvalue weighted by molar-refractivity contribution is 0.165. The van der Waals surface area contributed by atoms with Gasteiger partial charge in [0, 0.05) is 0 Å². The summed E-state index contributed by atoms with van der Waals surface area (Å²) in [5.41, 5.74) is 0. The lowest BCUT2D eigenvalue weighted by Gasteiger charge is -2.35. The molecular weight excluding hydrogens is 156 g/mol. The molecule has 0 spiro atoms. The molecule has 0 N–H and O–H groups in total. The van der Waals surface area contributed by atoms with Crippen molar-refractivity contribution in [1.29, 1.82) is 0 Å². The van der Waals surface area contributed by atoms with E-state index in [1.165, 1.54) is 32.1 Å². The molecule has 0 aromatic carbocycles. The van der Waals surface area contributed by atoms with E-state index in [0.29, 0.717) is 0 Å². The van der Waals surface area contributed by atoms with E-state index < -0.39 is 0 Å². The minimum atomic E-state index is 0.892. The summed E-state index contributed by atoms with van der Waals surface area (Å²) in [5, 5.41) is 0. The fourth-order valence-electron chi connectivity index (χ4n) is 2.82. The van der Waals surface area contributed by atoms with Gasteiger partial charge in [-0.05, 0) is 36.5 Å². The minimum absolute atomic E-state index is 0.892. The summed E-state index contributed by atoms with van der Waals surface area (Å²) in [4.78, 5) is 0. The maximum atomic E-state index is 2.46. The van der Waals surface area contributed by atoms with Crippen LogP contribution in [-0.2, 0) is 0 Å². The highest BCUT2D eigenvalue weighted by atomic mass is 14.3. The quantitative estimate of drug-likeness (QED) is 0.603. The molecule has 0 amide bonds. The summed E-state index contributed by atoms with van der Waals surface area (Å²) < 4.78 is 0. The van der Waals surface area contributed by atoms with E-state index in [2.05, 4.69) is 27.7 Å². The zero-order chi connectivity index (χ0) is 9.84. The van der Waals surface area contributed by atoms with Crippen LogP contribution in [0.25, 0.3) is 0 Å². The van der Waals surface area contributed by atoms with Gasteiger partial charge >= 0.3 is 0 Å². The smallest absolute Gasteiger partial charge is 0.0383 e. The van der Waals surface area contributed by atoms with Crippen LogP contribution in [0.15, 0.2) is 0 Å². The SMILES string of the molecule is CCC1CCC(C)C(CC(C)C)C1. The normalized spacial score (nSPS) is 35.3. The van der Waals surface area contributed by atoms with Crippen molar-refractivity contribution >= 4 is 0 Å². The minimum Gasteiger partial charge on any atom is -0.0651 e. The Morgan fingerprint density at radius 2 is 1.92 bits per heavy atom. The van der Waals surface area contributed by atoms with Crippen molar-refractivity contribution in [3.05, 3.63) is 0 Å². The summed E-state index contributed by atoms with van der Waals surface area (Å²) in [7, 11) is 0. The predicted octanol–water partition coefficient (Wildman–Crippen LogP) is 4.49. The summed E-state index contributed by atoms with van der Waals surface area (Å²) in [5.74, 6) is 3.95. The highest BCUT2D eigenvalue weighted by Gasteiger charge is 2.26. The van der Waals surface area contributed by atoms with Crippen molar-refractivity contribution in [3.8, 4) is 0 Å². The monoisotopic (exact) mass is 182 g/mol. The second kappa shape index (κ2) is 5.02. The maximum Gasteiger partial charge on any atom is -0.0383 e. The Labute approximate surface area is 84.1 Å². The molecule has 1 saturated carbocycles. The molecule has 0 bridgehead atoms. The van der Waals surface area contributed by atoms with E-state index in [9.17, 15) is 0 Å². The average Bonchev–Trinajstić information content (AvgIpc) is 2.08. The van der Waals surface area contributed by atoms with Gasteiger partial charge in [0.25, 0.3) is 0 Å². The van der Waals surface area contributed by atoms with E-state index in [-0.39, 0.29) is 0 Å². The topological polar surface area (TPSA) is 0 Å². The van der Waals surface area contributed by atoms with Crippen LogP contribution in [0, 0.1) is 23.7 Å². The van der Waals surface area contributed by atoms with Gasteiger partial charge in [0.15, 0.2) is 0 Å². The largest absolute Gasteiger partial charge is 0.0651 e. The Bertz CT molecular complexity index is 137. The lowest BCUT2D eigenvalue weighted by atomic mass is 9.71. The van der Waals surface area contributed by atoms with Crippen LogP contribution in [0.3, 0.4) is 0 Å². The first-order valence-electron chi connectivity index (χ1n) is 6.13. The van der Waals surface area contributed by atoms with Crippen LogP contribution in [0.2, 0.25) is 0 Å². The Balaban J connectivity index is 2.40. The molecular formula is C13H26. The molecule has 0 radical (unpaired) electrons. The van der Waals surface area contributed by atoms with Gasteiger partial charge in [0.2, 0.25) is 0 Å². The number of rotatable bonds is 3. The van der Waals surface area contributed by atoms with Gasteiger partial charge in [-0.25, -0.2) is 0 Å². The molecule has 78 valence electrons. The fourth-order valence-corrected chi connectivity index (χ4v) is 2.82. The molecule has 0 saturated heterocycles. The molecule has 0 heterocycles. The van der Waals surface area contributed by atoms with Gasteiger partial charge < -0.3 is 0 Å². The zero-order valence-electron chi connectivity index (χ0n) is 9.84. The van der Waals surface area contributed by atoms with E-state index in [1.54, 1.807) is 0 Å². The van der Waals surface area contributed by atoms with Crippen LogP contribution in [-0.4, -0.2) is 0 Å². The first-order valence-corrected chi connectivity index (χ1v) is 6.13. The molecule has 1 rings (SSSR count). The average molecular weight is 182 g/mol. The van der Waals surface area contributed by atoms with Crippen LogP contribution in [0.1, 0.15) is 59.8 Å². The third kappa shape index (κ3) is 3.32. The molecule has 0 nitrogen and oxygen atoms in total.